The van der Waals surface area contributed by atoms with Crippen molar-refractivity contribution in [2.45, 2.75) is 24.2 Å². The molecule has 152 valence electrons. The first kappa shape index (κ1) is 19.6. The van der Waals surface area contributed by atoms with Gasteiger partial charge in [0.2, 0.25) is 15.9 Å². The third-order valence-electron chi connectivity index (χ3n) is 5.47. The minimum atomic E-state index is -3.51. The number of amides is 1. The fourth-order valence-corrected chi connectivity index (χ4v) is 4.70. The summed E-state index contributed by atoms with van der Waals surface area (Å²) in [5.41, 5.74) is 3.67. The lowest BCUT2D eigenvalue weighted by Gasteiger charge is -2.17. The second kappa shape index (κ2) is 7.27. The number of anilines is 1. The predicted molar refractivity (Wildman–Crippen MR) is 112 cm³/mol. The molecule has 1 aromatic heterocycles. The summed E-state index contributed by atoms with van der Waals surface area (Å²) in [4.78, 5) is 19.4. The minimum Gasteiger partial charge on any atom is -0.331 e. The van der Waals surface area contributed by atoms with Crippen LogP contribution in [0, 0.1) is 0 Å². The highest BCUT2D eigenvalue weighted by atomic mass is 32.2. The van der Waals surface area contributed by atoms with E-state index in [-0.39, 0.29) is 10.8 Å². The van der Waals surface area contributed by atoms with E-state index in [1.165, 1.54) is 24.0 Å². The van der Waals surface area contributed by atoms with E-state index in [4.69, 9.17) is 0 Å². The van der Waals surface area contributed by atoms with Crippen molar-refractivity contribution in [2.24, 2.45) is 7.05 Å². The van der Waals surface area contributed by atoms with Gasteiger partial charge in [0.25, 0.3) is 0 Å². The number of carbonyl (C=O) groups is 1. The van der Waals surface area contributed by atoms with Crippen LogP contribution in [0.15, 0.2) is 47.4 Å². The summed E-state index contributed by atoms with van der Waals surface area (Å²) >= 11 is 0. The molecular formula is C21H24N4O3S. The van der Waals surface area contributed by atoms with E-state index in [0.717, 1.165) is 23.4 Å². The summed E-state index contributed by atoms with van der Waals surface area (Å²) in [7, 11) is 1.39. The molecule has 0 atom stereocenters. The number of hydrogen-bond acceptors (Lipinski definition) is 4. The Morgan fingerprint density at radius 1 is 1.17 bits per heavy atom. The van der Waals surface area contributed by atoms with Gasteiger partial charge < -0.3 is 9.47 Å². The highest BCUT2D eigenvalue weighted by Crippen LogP contribution is 2.28. The van der Waals surface area contributed by atoms with Crippen molar-refractivity contribution in [3.8, 4) is 0 Å². The molecule has 1 aliphatic rings. The summed E-state index contributed by atoms with van der Waals surface area (Å²) in [6.45, 7) is 0.715. The first-order valence-electron chi connectivity index (χ1n) is 9.55. The Hall–Kier alpha value is -2.71. The summed E-state index contributed by atoms with van der Waals surface area (Å²) < 4.78 is 27.9. The van der Waals surface area contributed by atoms with Crippen molar-refractivity contribution in [1.29, 1.82) is 0 Å². The number of fused-ring (bicyclic) bond motifs is 2. The molecule has 0 saturated carbocycles. The maximum absolute atomic E-state index is 12.8. The molecule has 0 saturated heterocycles. The van der Waals surface area contributed by atoms with Crippen LogP contribution < -0.4 is 4.90 Å². The molecule has 4 rings (SSSR count). The van der Waals surface area contributed by atoms with Crippen LogP contribution in [0.4, 0.5) is 5.69 Å². The van der Waals surface area contributed by atoms with E-state index in [0.29, 0.717) is 24.9 Å². The molecule has 8 heteroatoms. The van der Waals surface area contributed by atoms with Gasteiger partial charge in [-0.2, -0.15) is 0 Å². The average molecular weight is 413 g/mol. The number of aryl methyl sites for hydroxylation is 2. The van der Waals surface area contributed by atoms with Crippen LogP contribution in [0.1, 0.15) is 17.8 Å². The highest BCUT2D eigenvalue weighted by Gasteiger charge is 2.24. The van der Waals surface area contributed by atoms with Gasteiger partial charge in [-0.3, -0.25) is 4.79 Å². The molecule has 29 heavy (non-hydrogen) atoms. The largest absolute Gasteiger partial charge is 0.331 e. The van der Waals surface area contributed by atoms with Gasteiger partial charge in [0.05, 0.1) is 15.9 Å². The molecule has 3 aromatic rings. The number of benzene rings is 2. The summed E-state index contributed by atoms with van der Waals surface area (Å²) in [6, 6.07) is 12.9. The Balaban J connectivity index is 1.54. The lowest BCUT2D eigenvalue weighted by Crippen LogP contribution is -2.29. The number of nitrogens with zero attached hydrogens (tertiary/aromatic N) is 4. The lowest BCUT2D eigenvalue weighted by molar-refractivity contribution is -0.118. The van der Waals surface area contributed by atoms with Gasteiger partial charge in [-0.15, -0.1) is 0 Å². The Labute approximate surface area is 170 Å². The molecule has 7 nitrogen and oxygen atoms in total. The first-order chi connectivity index (χ1) is 13.8. The number of aromatic nitrogens is 2. The molecule has 0 unspecified atom stereocenters. The van der Waals surface area contributed by atoms with E-state index < -0.39 is 10.0 Å². The predicted octanol–water partition coefficient (Wildman–Crippen LogP) is 2.35. The maximum Gasteiger partial charge on any atom is 0.242 e. The average Bonchev–Trinajstić information content (AvgIpc) is 3.27. The highest BCUT2D eigenvalue weighted by molar-refractivity contribution is 7.89. The van der Waals surface area contributed by atoms with Crippen LogP contribution in [0.25, 0.3) is 11.0 Å². The molecule has 0 radical (unpaired) electrons. The number of hydrogen-bond donors (Lipinski definition) is 0. The van der Waals surface area contributed by atoms with Crippen molar-refractivity contribution in [1.82, 2.24) is 13.9 Å². The Bertz CT molecular complexity index is 1200. The number of sulfonamides is 1. The minimum absolute atomic E-state index is 0.0814. The zero-order valence-electron chi connectivity index (χ0n) is 16.8. The quantitative estimate of drug-likeness (QED) is 0.645. The van der Waals surface area contributed by atoms with Crippen LogP contribution in [0.5, 0.6) is 0 Å². The van der Waals surface area contributed by atoms with Gasteiger partial charge in [0.1, 0.15) is 5.82 Å². The maximum atomic E-state index is 12.8. The van der Waals surface area contributed by atoms with E-state index in [2.05, 4.69) is 11.1 Å². The Kier molecular flexibility index (Phi) is 4.92. The Morgan fingerprint density at radius 3 is 2.69 bits per heavy atom. The molecule has 1 amide bonds. The zero-order valence-corrected chi connectivity index (χ0v) is 17.6. The number of carbonyl (C=O) groups excluding carboxylic acids is 1. The topological polar surface area (TPSA) is 75.5 Å². The van der Waals surface area contributed by atoms with Gasteiger partial charge in [-0.1, -0.05) is 18.2 Å². The molecule has 0 N–H and O–H groups in total. The molecule has 0 bridgehead atoms. The van der Waals surface area contributed by atoms with E-state index in [1.807, 2.05) is 34.7 Å². The summed E-state index contributed by atoms with van der Waals surface area (Å²) in [5.74, 6) is 0.845. The van der Waals surface area contributed by atoms with Crippen LogP contribution in [0.3, 0.4) is 0 Å². The van der Waals surface area contributed by atoms with E-state index in [1.54, 1.807) is 18.2 Å². The van der Waals surface area contributed by atoms with Crippen molar-refractivity contribution >= 4 is 32.7 Å². The SMILES string of the molecule is CN(C)S(=O)(=O)c1ccc2c(c1)nc(CCC(=O)N1CCc3ccccc31)n2C. The first-order valence-corrected chi connectivity index (χ1v) is 11.0. The van der Waals surface area contributed by atoms with Gasteiger partial charge in [0.15, 0.2) is 0 Å². The molecule has 0 aliphatic carbocycles. The van der Waals surface area contributed by atoms with Gasteiger partial charge in [-0.25, -0.2) is 17.7 Å². The fraction of sp³-hybridized carbons (Fsp3) is 0.333. The van der Waals surface area contributed by atoms with Crippen molar-refractivity contribution in [3.63, 3.8) is 0 Å². The van der Waals surface area contributed by atoms with Crippen molar-refractivity contribution in [3.05, 3.63) is 53.9 Å². The third kappa shape index (κ3) is 3.42. The third-order valence-corrected chi connectivity index (χ3v) is 7.29. The molecule has 2 aromatic carbocycles. The Morgan fingerprint density at radius 2 is 1.93 bits per heavy atom. The smallest absolute Gasteiger partial charge is 0.242 e. The van der Waals surface area contributed by atoms with Gasteiger partial charge in [-0.05, 0) is 36.2 Å². The van der Waals surface area contributed by atoms with Crippen LogP contribution in [-0.4, -0.2) is 48.8 Å². The number of para-hydroxylation sites is 1. The summed E-state index contributed by atoms with van der Waals surface area (Å²) in [6.07, 6.45) is 1.74. The number of rotatable bonds is 5. The monoisotopic (exact) mass is 412 g/mol. The second-order valence-corrected chi connectivity index (χ2v) is 9.60. The second-order valence-electron chi connectivity index (χ2n) is 7.45. The molecule has 0 fully saturated rings. The molecule has 1 aliphatic heterocycles. The van der Waals surface area contributed by atoms with E-state index >= 15 is 0 Å². The van der Waals surface area contributed by atoms with Crippen molar-refractivity contribution in [2.75, 3.05) is 25.5 Å². The van der Waals surface area contributed by atoms with E-state index in [9.17, 15) is 13.2 Å². The summed E-state index contributed by atoms with van der Waals surface area (Å²) in [5, 5.41) is 0. The molecule has 2 heterocycles. The lowest BCUT2D eigenvalue weighted by atomic mass is 10.2. The standard InChI is InChI=1S/C21H24N4O3S/c1-23(2)29(27,28)16-8-9-19-17(14-16)22-20(24(19)3)10-11-21(26)25-13-12-15-6-4-5-7-18(15)25/h4-9,14H,10-13H2,1-3H3. The van der Waals surface area contributed by atoms with Crippen LogP contribution in [0.2, 0.25) is 0 Å². The van der Waals surface area contributed by atoms with Crippen LogP contribution in [-0.2, 0) is 34.7 Å². The van der Waals surface area contributed by atoms with Crippen LogP contribution >= 0.6 is 0 Å². The van der Waals surface area contributed by atoms with Crippen molar-refractivity contribution < 1.29 is 13.2 Å². The zero-order chi connectivity index (χ0) is 20.8. The molecule has 0 spiro atoms. The molecular weight excluding hydrogens is 388 g/mol. The fourth-order valence-electron chi connectivity index (χ4n) is 3.78. The van der Waals surface area contributed by atoms with Gasteiger partial charge in [0, 0.05) is 46.2 Å². The van der Waals surface area contributed by atoms with Gasteiger partial charge >= 0.3 is 0 Å². The number of imidazole rings is 1. The normalized spacial score (nSPS) is 14.0.